The van der Waals surface area contributed by atoms with Crippen LogP contribution in [0.3, 0.4) is 0 Å². The summed E-state index contributed by atoms with van der Waals surface area (Å²) in [7, 11) is 0. The number of aliphatic carboxylic acids is 4. The lowest BCUT2D eigenvalue weighted by Crippen LogP contribution is -2.28. The predicted octanol–water partition coefficient (Wildman–Crippen LogP) is 1.000. The van der Waals surface area contributed by atoms with Crippen LogP contribution in [0.25, 0.3) is 0 Å². The molecule has 0 amide bonds. The van der Waals surface area contributed by atoms with Crippen molar-refractivity contribution in [3.8, 4) is 0 Å². The van der Waals surface area contributed by atoms with Crippen molar-refractivity contribution < 1.29 is 39.6 Å². The van der Waals surface area contributed by atoms with Gasteiger partial charge >= 0.3 is 23.9 Å². The Morgan fingerprint density at radius 1 is 0.619 bits per heavy atom. The lowest BCUT2D eigenvalue weighted by molar-refractivity contribution is -0.148. The van der Waals surface area contributed by atoms with Crippen molar-refractivity contribution in [3.63, 3.8) is 0 Å². The van der Waals surface area contributed by atoms with E-state index in [9.17, 15) is 19.2 Å². The van der Waals surface area contributed by atoms with Gasteiger partial charge in [0.1, 0.15) is 0 Å². The van der Waals surface area contributed by atoms with Crippen LogP contribution < -0.4 is 0 Å². The van der Waals surface area contributed by atoms with Gasteiger partial charge in [-0.1, -0.05) is 13.8 Å². The normalized spacial score (nSPS) is 16.5. The highest BCUT2D eigenvalue weighted by molar-refractivity contribution is 5.76. The van der Waals surface area contributed by atoms with E-state index >= 15 is 0 Å². The second-order valence-corrected chi connectivity index (χ2v) is 5.26. The number of rotatable bonds is 10. The SMILES string of the molecule is CC(CC(CC(CC(C)C(=O)O)C(=O)O)C(=O)O)C(=O)O. The second kappa shape index (κ2) is 8.23. The highest BCUT2D eigenvalue weighted by atomic mass is 16.4. The Bertz CT molecular complexity index is 378. The van der Waals surface area contributed by atoms with E-state index in [-0.39, 0.29) is 19.3 Å². The summed E-state index contributed by atoms with van der Waals surface area (Å²) in [5, 5.41) is 35.7. The third kappa shape index (κ3) is 6.73. The highest BCUT2D eigenvalue weighted by Gasteiger charge is 2.31. The molecule has 0 aliphatic heterocycles. The molecule has 0 saturated heterocycles. The van der Waals surface area contributed by atoms with Crippen LogP contribution >= 0.6 is 0 Å². The van der Waals surface area contributed by atoms with Gasteiger partial charge in [-0.2, -0.15) is 0 Å². The molecule has 0 rings (SSSR count). The van der Waals surface area contributed by atoms with Crippen molar-refractivity contribution in [2.75, 3.05) is 0 Å². The van der Waals surface area contributed by atoms with Gasteiger partial charge in [0, 0.05) is 0 Å². The summed E-state index contributed by atoms with van der Waals surface area (Å²) < 4.78 is 0. The van der Waals surface area contributed by atoms with Gasteiger partial charge in [0.2, 0.25) is 0 Å². The van der Waals surface area contributed by atoms with Crippen molar-refractivity contribution in [2.45, 2.75) is 33.1 Å². The number of carboxylic acid groups (broad SMARTS) is 4. The largest absolute Gasteiger partial charge is 0.481 e. The number of carboxylic acids is 4. The summed E-state index contributed by atoms with van der Waals surface area (Å²) in [5.41, 5.74) is 0. The van der Waals surface area contributed by atoms with Crippen LogP contribution in [0.15, 0.2) is 0 Å². The van der Waals surface area contributed by atoms with E-state index in [4.69, 9.17) is 20.4 Å². The van der Waals surface area contributed by atoms with Gasteiger partial charge in [0.15, 0.2) is 0 Å². The third-order valence-electron chi connectivity index (χ3n) is 3.39. The third-order valence-corrected chi connectivity index (χ3v) is 3.39. The fourth-order valence-corrected chi connectivity index (χ4v) is 1.99. The van der Waals surface area contributed by atoms with Crippen molar-refractivity contribution in [3.05, 3.63) is 0 Å². The zero-order chi connectivity index (χ0) is 16.7. The molecule has 0 aliphatic rings. The van der Waals surface area contributed by atoms with Gasteiger partial charge in [-0.25, -0.2) is 0 Å². The molecule has 8 heteroatoms. The smallest absolute Gasteiger partial charge is 0.306 e. The summed E-state index contributed by atoms with van der Waals surface area (Å²) >= 11 is 0. The first-order valence-electron chi connectivity index (χ1n) is 6.47. The zero-order valence-electron chi connectivity index (χ0n) is 11.9. The molecule has 120 valence electrons. The molecule has 0 fully saturated rings. The Morgan fingerprint density at radius 2 is 0.905 bits per heavy atom. The van der Waals surface area contributed by atoms with Crippen LogP contribution in [0.4, 0.5) is 0 Å². The minimum absolute atomic E-state index is 0.199. The van der Waals surface area contributed by atoms with Crippen LogP contribution in [-0.2, 0) is 19.2 Å². The topological polar surface area (TPSA) is 149 Å². The fraction of sp³-hybridized carbons (Fsp3) is 0.692. The molecule has 4 unspecified atom stereocenters. The van der Waals surface area contributed by atoms with Crippen LogP contribution in [-0.4, -0.2) is 44.3 Å². The standard InChI is InChI=1S/C13H20O8/c1-6(10(14)15)3-8(12(18)19)5-9(13(20)21)4-7(2)11(16)17/h6-9H,3-5H2,1-2H3,(H,14,15)(H,16,17)(H,18,19)(H,20,21). The van der Waals surface area contributed by atoms with Gasteiger partial charge in [-0.3, -0.25) is 19.2 Å². The number of carbonyl (C=O) groups is 4. The Labute approximate surface area is 121 Å². The zero-order valence-corrected chi connectivity index (χ0v) is 11.9. The molecule has 21 heavy (non-hydrogen) atoms. The monoisotopic (exact) mass is 304 g/mol. The van der Waals surface area contributed by atoms with Gasteiger partial charge < -0.3 is 20.4 Å². The van der Waals surface area contributed by atoms with E-state index in [0.717, 1.165) is 0 Å². The molecule has 0 aromatic rings. The van der Waals surface area contributed by atoms with Gasteiger partial charge in [-0.05, 0) is 19.3 Å². The van der Waals surface area contributed by atoms with Crippen molar-refractivity contribution in [1.29, 1.82) is 0 Å². The lowest BCUT2D eigenvalue weighted by atomic mass is 9.83. The summed E-state index contributed by atoms with van der Waals surface area (Å²) in [6.07, 6.45) is -0.689. The molecular weight excluding hydrogens is 284 g/mol. The van der Waals surface area contributed by atoms with Crippen molar-refractivity contribution >= 4 is 23.9 Å². The fourth-order valence-electron chi connectivity index (χ4n) is 1.99. The Balaban J connectivity index is 4.91. The van der Waals surface area contributed by atoms with Crippen LogP contribution in [0.2, 0.25) is 0 Å². The summed E-state index contributed by atoms with van der Waals surface area (Å²) in [4.78, 5) is 43.8. The van der Waals surface area contributed by atoms with Crippen molar-refractivity contribution in [1.82, 2.24) is 0 Å². The Hall–Kier alpha value is -2.12. The molecule has 0 heterocycles. The van der Waals surface area contributed by atoms with Gasteiger partial charge in [0.05, 0.1) is 23.7 Å². The van der Waals surface area contributed by atoms with Crippen LogP contribution in [0.1, 0.15) is 33.1 Å². The average molecular weight is 304 g/mol. The lowest BCUT2D eigenvalue weighted by Gasteiger charge is -2.20. The quantitative estimate of drug-likeness (QED) is 0.467. The molecule has 4 N–H and O–H groups in total. The van der Waals surface area contributed by atoms with E-state index in [0.29, 0.717) is 0 Å². The van der Waals surface area contributed by atoms with Crippen LogP contribution in [0, 0.1) is 23.7 Å². The molecule has 0 spiro atoms. The first-order valence-corrected chi connectivity index (χ1v) is 6.47. The van der Waals surface area contributed by atoms with E-state index < -0.39 is 47.5 Å². The van der Waals surface area contributed by atoms with Crippen LogP contribution in [0.5, 0.6) is 0 Å². The van der Waals surface area contributed by atoms with Crippen molar-refractivity contribution in [2.24, 2.45) is 23.7 Å². The van der Waals surface area contributed by atoms with Gasteiger partial charge in [0.25, 0.3) is 0 Å². The van der Waals surface area contributed by atoms with Gasteiger partial charge in [-0.15, -0.1) is 0 Å². The Morgan fingerprint density at radius 3 is 1.10 bits per heavy atom. The summed E-state index contributed by atoms with van der Waals surface area (Å²) in [6, 6.07) is 0. The summed E-state index contributed by atoms with van der Waals surface area (Å²) in [6.45, 7) is 2.68. The number of hydrogen-bond acceptors (Lipinski definition) is 4. The maximum atomic E-state index is 11.1. The summed E-state index contributed by atoms with van der Waals surface area (Å²) in [5.74, 6) is -9.00. The maximum absolute atomic E-state index is 11.1. The molecule has 0 radical (unpaired) electrons. The molecular formula is C13H20O8. The first-order chi connectivity index (χ1) is 9.56. The molecule has 0 aromatic carbocycles. The van der Waals surface area contributed by atoms with E-state index in [1.807, 2.05) is 0 Å². The average Bonchev–Trinajstić information content (AvgIpc) is 2.35. The van der Waals surface area contributed by atoms with E-state index in [1.54, 1.807) is 0 Å². The predicted molar refractivity (Wildman–Crippen MR) is 69.7 cm³/mol. The Kier molecular flexibility index (Phi) is 7.40. The van der Waals surface area contributed by atoms with E-state index in [1.165, 1.54) is 13.8 Å². The molecule has 0 bridgehead atoms. The molecule has 4 atom stereocenters. The second-order valence-electron chi connectivity index (χ2n) is 5.26. The molecule has 8 nitrogen and oxygen atoms in total. The van der Waals surface area contributed by atoms with E-state index in [2.05, 4.69) is 0 Å². The molecule has 0 aromatic heterocycles. The minimum atomic E-state index is -1.28. The maximum Gasteiger partial charge on any atom is 0.306 e. The number of hydrogen-bond donors (Lipinski definition) is 4. The molecule has 0 aliphatic carbocycles. The minimum Gasteiger partial charge on any atom is -0.481 e. The first kappa shape index (κ1) is 18.9. The highest BCUT2D eigenvalue weighted by Crippen LogP contribution is 2.25. The molecule has 0 saturated carbocycles.